The summed E-state index contributed by atoms with van der Waals surface area (Å²) < 4.78 is 2.14. The van der Waals surface area contributed by atoms with E-state index in [-0.39, 0.29) is 0 Å². The van der Waals surface area contributed by atoms with Crippen molar-refractivity contribution < 1.29 is 0 Å². The highest BCUT2D eigenvalue weighted by atomic mass is 79.9. The highest BCUT2D eigenvalue weighted by molar-refractivity contribution is 9.10. The van der Waals surface area contributed by atoms with Crippen LogP contribution in [0.2, 0.25) is 0 Å². The van der Waals surface area contributed by atoms with Gasteiger partial charge in [0.25, 0.3) is 0 Å². The topological polar surface area (TPSA) is 25.8 Å². The van der Waals surface area contributed by atoms with Crippen LogP contribution in [-0.4, -0.2) is 9.97 Å². The van der Waals surface area contributed by atoms with E-state index in [0.29, 0.717) is 0 Å². The molecule has 2 heterocycles. The van der Waals surface area contributed by atoms with Crippen molar-refractivity contribution in [2.24, 2.45) is 0 Å². The van der Waals surface area contributed by atoms with Crippen LogP contribution in [0, 0.1) is 6.92 Å². The molecule has 0 radical (unpaired) electrons. The van der Waals surface area contributed by atoms with Gasteiger partial charge in [0.05, 0.1) is 9.71 Å². The number of hydrogen-bond donors (Lipinski definition) is 0. The van der Waals surface area contributed by atoms with Crippen LogP contribution < -0.4 is 0 Å². The van der Waals surface area contributed by atoms with Gasteiger partial charge in [0.1, 0.15) is 0 Å². The smallest absolute Gasteiger partial charge is 0.170 e. The lowest BCUT2D eigenvalue weighted by Crippen LogP contribution is -1.74. The molecule has 2 aromatic rings. The van der Waals surface area contributed by atoms with E-state index in [4.69, 9.17) is 0 Å². The van der Waals surface area contributed by atoms with Crippen LogP contribution in [-0.2, 0) is 0 Å². The van der Waals surface area contributed by atoms with Gasteiger partial charge in [0, 0.05) is 10.7 Å². The van der Waals surface area contributed by atoms with Gasteiger partial charge in [0.15, 0.2) is 5.65 Å². The molecule has 0 aromatic carbocycles. The maximum absolute atomic E-state index is 4.24. The molecule has 0 atom stereocenters. The van der Waals surface area contributed by atoms with Crippen LogP contribution >= 0.6 is 27.3 Å². The second kappa shape index (κ2) is 2.53. The number of aryl methyl sites for hydroxylation is 1. The molecule has 0 aliphatic rings. The molecule has 0 amide bonds. The molecule has 0 aliphatic carbocycles. The normalized spacial score (nSPS) is 10.7. The first-order chi connectivity index (χ1) is 5.25. The Kier molecular flexibility index (Phi) is 1.65. The van der Waals surface area contributed by atoms with Crippen molar-refractivity contribution in [2.75, 3.05) is 0 Å². The van der Waals surface area contributed by atoms with E-state index in [1.807, 2.05) is 13.0 Å². The van der Waals surface area contributed by atoms with E-state index in [1.54, 1.807) is 17.5 Å². The predicted molar refractivity (Wildman–Crippen MR) is 49.9 cm³/mol. The van der Waals surface area contributed by atoms with E-state index in [2.05, 4.69) is 25.9 Å². The first kappa shape index (κ1) is 7.18. The van der Waals surface area contributed by atoms with Crippen molar-refractivity contribution in [1.82, 2.24) is 9.97 Å². The Morgan fingerprint density at radius 1 is 1.55 bits per heavy atom. The Labute approximate surface area is 76.4 Å². The highest BCUT2D eigenvalue weighted by Crippen LogP contribution is 2.22. The summed E-state index contributed by atoms with van der Waals surface area (Å²) in [5.41, 5.74) is 0.843. The lowest BCUT2D eigenvalue weighted by atomic mass is 10.5. The summed E-state index contributed by atoms with van der Waals surface area (Å²) in [6.45, 7) is 1.99. The average molecular weight is 229 g/mol. The zero-order chi connectivity index (χ0) is 7.84. The Hall–Kier alpha value is -0.480. The third-order valence-electron chi connectivity index (χ3n) is 1.32. The average Bonchev–Trinajstić information content (AvgIpc) is 2.27. The third kappa shape index (κ3) is 1.28. The van der Waals surface area contributed by atoms with Crippen LogP contribution in [0.5, 0.6) is 0 Å². The van der Waals surface area contributed by atoms with Crippen molar-refractivity contribution in [1.29, 1.82) is 0 Å². The van der Waals surface area contributed by atoms with Crippen LogP contribution in [0.4, 0.5) is 0 Å². The fourth-order valence-corrected chi connectivity index (χ4v) is 2.21. The van der Waals surface area contributed by atoms with Crippen molar-refractivity contribution >= 4 is 37.6 Å². The zero-order valence-corrected chi connectivity index (χ0v) is 8.24. The number of thiazole rings is 1. The number of fused-ring (bicyclic) bond motifs is 1. The number of pyridine rings is 1. The minimum Gasteiger partial charge on any atom is -0.235 e. The van der Waals surface area contributed by atoms with Crippen molar-refractivity contribution in [3.05, 3.63) is 21.7 Å². The van der Waals surface area contributed by atoms with E-state index in [0.717, 1.165) is 19.8 Å². The van der Waals surface area contributed by atoms with Gasteiger partial charge in [0.2, 0.25) is 0 Å². The van der Waals surface area contributed by atoms with Crippen molar-refractivity contribution in [3.63, 3.8) is 0 Å². The maximum atomic E-state index is 4.24. The van der Waals surface area contributed by atoms with Gasteiger partial charge in [-0.2, -0.15) is 0 Å². The Balaban J connectivity index is 2.82. The van der Waals surface area contributed by atoms with E-state index < -0.39 is 0 Å². The molecule has 0 bridgehead atoms. The standard InChI is InChI=1S/C7H5BrN2S/c1-4-10-7-6(11-4)2-5(8)3-9-7/h2-3H,1H3. The van der Waals surface area contributed by atoms with E-state index in [9.17, 15) is 0 Å². The fourth-order valence-electron chi connectivity index (χ4n) is 0.904. The largest absolute Gasteiger partial charge is 0.235 e. The van der Waals surface area contributed by atoms with Gasteiger partial charge in [-0.1, -0.05) is 0 Å². The van der Waals surface area contributed by atoms with Crippen molar-refractivity contribution in [3.8, 4) is 0 Å². The Bertz CT molecular complexity index is 396. The molecule has 2 nitrogen and oxygen atoms in total. The lowest BCUT2D eigenvalue weighted by Gasteiger charge is -1.86. The maximum Gasteiger partial charge on any atom is 0.170 e. The second-order valence-electron chi connectivity index (χ2n) is 2.21. The summed E-state index contributed by atoms with van der Waals surface area (Å²) in [7, 11) is 0. The minimum atomic E-state index is 0.843. The summed E-state index contributed by atoms with van der Waals surface area (Å²) in [6.07, 6.45) is 1.77. The van der Waals surface area contributed by atoms with Gasteiger partial charge in [-0.15, -0.1) is 11.3 Å². The summed E-state index contributed by atoms with van der Waals surface area (Å²) in [5.74, 6) is 0. The van der Waals surface area contributed by atoms with Gasteiger partial charge in [-0.05, 0) is 28.9 Å². The molecule has 0 N–H and O–H groups in total. The number of aromatic nitrogens is 2. The second-order valence-corrected chi connectivity index (χ2v) is 4.36. The quantitative estimate of drug-likeness (QED) is 0.694. The van der Waals surface area contributed by atoms with Crippen LogP contribution in [0.25, 0.3) is 10.3 Å². The number of halogens is 1. The van der Waals surface area contributed by atoms with Gasteiger partial charge in [-0.25, -0.2) is 9.97 Å². The summed E-state index contributed by atoms with van der Waals surface area (Å²) in [6, 6.07) is 2.03. The third-order valence-corrected chi connectivity index (χ3v) is 2.66. The molecule has 0 aliphatic heterocycles. The molecular formula is C7H5BrN2S. The highest BCUT2D eigenvalue weighted by Gasteiger charge is 2.00. The fraction of sp³-hybridized carbons (Fsp3) is 0.143. The number of nitrogens with zero attached hydrogens (tertiary/aromatic N) is 2. The summed E-state index contributed by atoms with van der Waals surface area (Å²) in [4.78, 5) is 8.39. The van der Waals surface area contributed by atoms with Crippen LogP contribution in [0.1, 0.15) is 5.01 Å². The molecule has 0 saturated carbocycles. The predicted octanol–water partition coefficient (Wildman–Crippen LogP) is 2.76. The molecular weight excluding hydrogens is 224 g/mol. The minimum absolute atomic E-state index is 0.843. The molecule has 56 valence electrons. The zero-order valence-electron chi connectivity index (χ0n) is 5.84. The summed E-state index contributed by atoms with van der Waals surface area (Å²) >= 11 is 5.02. The van der Waals surface area contributed by atoms with E-state index in [1.165, 1.54) is 0 Å². The van der Waals surface area contributed by atoms with E-state index >= 15 is 0 Å². The van der Waals surface area contributed by atoms with Gasteiger partial charge < -0.3 is 0 Å². The summed E-state index contributed by atoms with van der Waals surface area (Å²) in [5, 5.41) is 1.06. The van der Waals surface area contributed by atoms with Crippen LogP contribution in [0.3, 0.4) is 0 Å². The SMILES string of the molecule is Cc1nc2ncc(Br)cc2s1. The Morgan fingerprint density at radius 3 is 3.18 bits per heavy atom. The molecule has 11 heavy (non-hydrogen) atoms. The first-order valence-corrected chi connectivity index (χ1v) is 4.75. The molecule has 2 rings (SSSR count). The Morgan fingerprint density at radius 2 is 2.36 bits per heavy atom. The van der Waals surface area contributed by atoms with Crippen molar-refractivity contribution in [2.45, 2.75) is 6.92 Å². The molecule has 2 aromatic heterocycles. The monoisotopic (exact) mass is 228 g/mol. The van der Waals surface area contributed by atoms with Gasteiger partial charge in [-0.3, -0.25) is 0 Å². The first-order valence-electron chi connectivity index (χ1n) is 3.14. The number of rotatable bonds is 0. The van der Waals surface area contributed by atoms with Gasteiger partial charge >= 0.3 is 0 Å². The molecule has 0 unspecified atom stereocenters. The molecule has 0 fully saturated rings. The molecule has 0 spiro atoms. The van der Waals surface area contributed by atoms with Crippen LogP contribution in [0.15, 0.2) is 16.7 Å². The number of hydrogen-bond acceptors (Lipinski definition) is 3. The molecule has 4 heteroatoms. The molecule has 0 saturated heterocycles. The lowest BCUT2D eigenvalue weighted by molar-refractivity contribution is 1.26.